The Kier molecular flexibility index (Phi) is 7.44. The molecule has 1 aliphatic rings. The number of urea groups is 1. The van der Waals surface area contributed by atoms with Crippen LogP contribution in [0.15, 0.2) is 72.6 Å². The van der Waals surface area contributed by atoms with Crippen LogP contribution in [0.3, 0.4) is 0 Å². The number of thiophene rings is 1. The number of ether oxygens (including phenoxy) is 2. The van der Waals surface area contributed by atoms with E-state index in [-0.39, 0.29) is 25.8 Å². The molecule has 176 valence electrons. The van der Waals surface area contributed by atoms with E-state index in [0.717, 1.165) is 10.4 Å². The van der Waals surface area contributed by atoms with Crippen LogP contribution in [-0.2, 0) is 17.9 Å². The van der Waals surface area contributed by atoms with Gasteiger partial charge in [-0.2, -0.15) is 0 Å². The smallest absolute Gasteiger partial charge is 0.322 e. The number of rotatable bonds is 9. The Balaban J connectivity index is 1.49. The molecule has 0 unspecified atom stereocenters. The van der Waals surface area contributed by atoms with Gasteiger partial charge in [-0.05, 0) is 47.3 Å². The molecule has 0 bridgehead atoms. The van der Waals surface area contributed by atoms with Crippen molar-refractivity contribution in [2.24, 2.45) is 0 Å². The van der Waals surface area contributed by atoms with E-state index in [2.05, 4.69) is 11.9 Å². The van der Waals surface area contributed by atoms with Gasteiger partial charge in [0.2, 0.25) is 12.7 Å². The number of anilines is 1. The predicted molar refractivity (Wildman–Crippen MR) is 128 cm³/mol. The first kappa shape index (κ1) is 23.3. The first-order valence-corrected chi connectivity index (χ1v) is 11.5. The summed E-state index contributed by atoms with van der Waals surface area (Å²) in [5.74, 6) is 0.618. The molecule has 0 saturated carbocycles. The summed E-state index contributed by atoms with van der Waals surface area (Å²) in [6, 6.07) is 14.5. The molecule has 0 saturated heterocycles. The maximum Gasteiger partial charge on any atom is 0.322 e. The molecular weight excluding hydrogens is 457 g/mol. The van der Waals surface area contributed by atoms with Gasteiger partial charge in [-0.15, -0.1) is 17.9 Å². The molecule has 3 aromatic rings. The van der Waals surface area contributed by atoms with E-state index in [4.69, 9.17) is 9.47 Å². The maximum atomic E-state index is 13.5. The highest BCUT2D eigenvalue weighted by atomic mass is 32.1. The number of halogens is 1. The van der Waals surface area contributed by atoms with Gasteiger partial charge in [0.15, 0.2) is 11.5 Å². The Morgan fingerprint density at radius 1 is 1.06 bits per heavy atom. The minimum absolute atomic E-state index is 0.157. The van der Waals surface area contributed by atoms with E-state index >= 15 is 0 Å². The normalized spacial score (nSPS) is 11.7. The quantitative estimate of drug-likeness (QED) is 0.443. The van der Waals surface area contributed by atoms with Crippen LogP contribution < -0.4 is 14.8 Å². The minimum Gasteiger partial charge on any atom is -0.454 e. The van der Waals surface area contributed by atoms with Gasteiger partial charge in [0.05, 0.1) is 6.54 Å². The molecule has 1 aliphatic heterocycles. The number of benzene rings is 2. The first-order valence-electron chi connectivity index (χ1n) is 10.6. The van der Waals surface area contributed by atoms with E-state index in [1.807, 2.05) is 35.7 Å². The van der Waals surface area contributed by atoms with Gasteiger partial charge < -0.3 is 24.6 Å². The predicted octanol–water partition coefficient (Wildman–Crippen LogP) is 4.86. The van der Waals surface area contributed by atoms with Crippen LogP contribution in [0.2, 0.25) is 0 Å². The summed E-state index contributed by atoms with van der Waals surface area (Å²) >= 11 is 1.55. The van der Waals surface area contributed by atoms with Gasteiger partial charge in [-0.3, -0.25) is 4.79 Å². The first-order chi connectivity index (χ1) is 16.5. The zero-order valence-electron chi connectivity index (χ0n) is 18.4. The van der Waals surface area contributed by atoms with Gasteiger partial charge in [-0.1, -0.05) is 24.3 Å². The Morgan fingerprint density at radius 2 is 1.91 bits per heavy atom. The lowest BCUT2D eigenvalue weighted by atomic mass is 10.2. The van der Waals surface area contributed by atoms with Crippen LogP contribution in [0.5, 0.6) is 11.5 Å². The SMILES string of the molecule is C=CCN(CC(=O)N(Cc1ccc2c(c1)OCO2)Cc1cccs1)C(=O)Nc1cccc(F)c1. The average molecular weight is 482 g/mol. The highest BCUT2D eigenvalue weighted by Crippen LogP contribution is 2.33. The maximum absolute atomic E-state index is 13.5. The number of nitrogens with one attached hydrogen (secondary N) is 1. The highest BCUT2D eigenvalue weighted by Gasteiger charge is 2.23. The average Bonchev–Trinajstić information content (AvgIpc) is 3.50. The summed E-state index contributed by atoms with van der Waals surface area (Å²) in [6.07, 6.45) is 1.54. The molecule has 1 N–H and O–H groups in total. The van der Waals surface area contributed by atoms with Crippen molar-refractivity contribution in [3.8, 4) is 11.5 Å². The topological polar surface area (TPSA) is 71.1 Å². The molecule has 0 atom stereocenters. The van der Waals surface area contributed by atoms with Gasteiger partial charge in [0, 0.05) is 23.7 Å². The Bertz CT molecular complexity index is 1170. The number of hydrogen-bond donors (Lipinski definition) is 1. The fourth-order valence-electron chi connectivity index (χ4n) is 3.49. The summed E-state index contributed by atoms with van der Waals surface area (Å²) in [7, 11) is 0. The molecule has 3 amide bonds. The molecule has 1 aromatic heterocycles. The summed E-state index contributed by atoms with van der Waals surface area (Å²) in [4.78, 5) is 30.2. The van der Waals surface area contributed by atoms with Gasteiger partial charge in [0.25, 0.3) is 0 Å². The van der Waals surface area contributed by atoms with Crippen molar-refractivity contribution in [3.63, 3.8) is 0 Å². The van der Waals surface area contributed by atoms with Crippen LogP contribution in [0, 0.1) is 5.82 Å². The molecular formula is C25H24FN3O4S. The molecule has 0 aliphatic carbocycles. The zero-order valence-corrected chi connectivity index (χ0v) is 19.2. The third-order valence-electron chi connectivity index (χ3n) is 5.13. The van der Waals surface area contributed by atoms with Gasteiger partial charge in [0.1, 0.15) is 12.4 Å². The summed E-state index contributed by atoms with van der Waals surface area (Å²) in [5, 5.41) is 4.59. The second kappa shape index (κ2) is 10.8. The number of nitrogens with zero attached hydrogens (tertiary/aromatic N) is 2. The number of carbonyl (C=O) groups is 2. The lowest BCUT2D eigenvalue weighted by molar-refractivity contribution is -0.132. The third kappa shape index (κ3) is 5.93. The van der Waals surface area contributed by atoms with Crippen molar-refractivity contribution in [2.75, 3.05) is 25.2 Å². The third-order valence-corrected chi connectivity index (χ3v) is 5.99. The van der Waals surface area contributed by atoms with Gasteiger partial charge in [-0.25, -0.2) is 9.18 Å². The molecule has 0 radical (unpaired) electrons. The molecule has 2 aromatic carbocycles. The van der Waals surface area contributed by atoms with Crippen molar-refractivity contribution in [1.82, 2.24) is 9.80 Å². The van der Waals surface area contributed by atoms with Crippen LogP contribution >= 0.6 is 11.3 Å². The van der Waals surface area contributed by atoms with Crippen molar-refractivity contribution in [2.45, 2.75) is 13.1 Å². The molecule has 0 spiro atoms. The zero-order chi connectivity index (χ0) is 23.9. The lowest BCUT2D eigenvalue weighted by Crippen LogP contribution is -2.44. The summed E-state index contributed by atoms with van der Waals surface area (Å²) in [6.45, 7) is 4.59. The Labute approximate surface area is 201 Å². The van der Waals surface area contributed by atoms with Crippen LogP contribution in [0.25, 0.3) is 0 Å². The second-order valence-electron chi connectivity index (χ2n) is 7.63. The molecule has 34 heavy (non-hydrogen) atoms. The van der Waals surface area contributed by atoms with E-state index < -0.39 is 11.8 Å². The monoisotopic (exact) mass is 481 g/mol. The number of carbonyl (C=O) groups excluding carboxylic acids is 2. The largest absolute Gasteiger partial charge is 0.454 e. The fraction of sp³-hybridized carbons (Fsp3) is 0.200. The highest BCUT2D eigenvalue weighted by molar-refractivity contribution is 7.09. The second-order valence-corrected chi connectivity index (χ2v) is 8.66. The van der Waals surface area contributed by atoms with E-state index in [9.17, 15) is 14.0 Å². The van der Waals surface area contributed by atoms with Crippen molar-refractivity contribution < 1.29 is 23.5 Å². The Hall–Kier alpha value is -3.85. The summed E-state index contributed by atoms with van der Waals surface area (Å²) in [5.41, 5.74) is 1.19. The van der Waals surface area contributed by atoms with E-state index in [1.54, 1.807) is 28.4 Å². The van der Waals surface area contributed by atoms with Crippen molar-refractivity contribution in [3.05, 3.63) is 88.9 Å². The molecule has 4 rings (SSSR count). The number of fused-ring (bicyclic) bond motifs is 1. The van der Waals surface area contributed by atoms with E-state index in [1.165, 1.54) is 23.1 Å². The van der Waals surface area contributed by atoms with Crippen molar-refractivity contribution >= 4 is 29.0 Å². The number of hydrogen-bond acceptors (Lipinski definition) is 5. The number of amides is 3. The Morgan fingerprint density at radius 3 is 2.68 bits per heavy atom. The van der Waals surface area contributed by atoms with E-state index in [0.29, 0.717) is 30.3 Å². The van der Waals surface area contributed by atoms with Crippen molar-refractivity contribution in [1.29, 1.82) is 0 Å². The standard InChI is InChI=1S/C25H24FN3O4S/c1-2-10-28(25(31)27-20-6-3-5-19(26)13-20)16-24(30)29(15-21-7-4-11-34-21)14-18-8-9-22-23(12-18)33-17-32-22/h2-9,11-13H,1,10,14-17H2,(H,27,31). The van der Waals surface area contributed by atoms with Gasteiger partial charge >= 0.3 is 6.03 Å². The molecule has 0 fully saturated rings. The molecule has 9 heteroatoms. The van der Waals surface area contributed by atoms with Crippen LogP contribution in [-0.4, -0.2) is 41.6 Å². The summed E-state index contributed by atoms with van der Waals surface area (Å²) < 4.78 is 24.3. The minimum atomic E-state index is -0.516. The van der Waals surface area contributed by atoms with Crippen LogP contribution in [0.1, 0.15) is 10.4 Å². The molecule has 7 nitrogen and oxygen atoms in total. The molecule has 2 heterocycles. The fourth-order valence-corrected chi connectivity index (χ4v) is 4.21. The lowest BCUT2D eigenvalue weighted by Gasteiger charge is -2.27. The van der Waals surface area contributed by atoms with Crippen LogP contribution in [0.4, 0.5) is 14.9 Å².